The highest BCUT2D eigenvalue weighted by Gasteiger charge is 2.05. The van der Waals surface area contributed by atoms with Crippen LogP contribution in [0.3, 0.4) is 0 Å². The normalized spacial score (nSPS) is 11.8. The Labute approximate surface area is 88.5 Å². The molecule has 0 saturated heterocycles. The van der Waals surface area contributed by atoms with E-state index in [2.05, 4.69) is 5.32 Å². The first-order valence-corrected chi connectivity index (χ1v) is 4.73. The molecule has 0 aliphatic heterocycles. The molecule has 0 heterocycles. The van der Waals surface area contributed by atoms with E-state index in [0.29, 0.717) is 12.1 Å². The number of aldehydes is 1. The van der Waals surface area contributed by atoms with Gasteiger partial charge in [-0.15, -0.1) is 0 Å². The summed E-state index contributed by atoms with van der Waals surface area (Å²) in [6, 6.07) is 6.72. The van der Waals surface area contributed by atoms with Gasteiger partial charge in [0.2, 0.25) is 0 Å². The van der Waals surface area contributed by atoms with E-state index in [9.17, 15) is 9.59 Å². The number of urea groups is 1. The molecule has 4 nitrogen and oxygen atoms in total. The summed E-state index contributed by atoms with van der Waals surface area (Å²) in [6.45, 7) is 1.96. The molecule has 0 aliphatic carbocycles. The number of nitrogens with one attached hydrogen (secondary N) is 1. The molecule has 1 aromatic rings. The monoisotopic (exact) mass is 206 g/mol. The van der Waals surface area contributed by atoms with Crippen molar-refractivity contribution in [3.63, 3.8) is 0 Å². The van der Waals surface area contributed by atoms with Gasteiger partial charge in [0.15, 0.2) is 0 Å². The van der Waals surface area contributed by atoms with E-state index in [1.165, 1.54) is 0 Å². The van der Waals surface area contributed by atoms with Crippen LogP contribution in [0.4, 0.5) is 10.5 Å². The average Bonchev–Trinajstić information content (AvgIpc) is 2.17. The smallest absolute Gasteiger partial charge is 0.316 e. The van der Waals surface area contributed by atoms with E-state index >= 15 is 0 Å². The number of hydrogen-bond acceptors (Lipinski definition) is 2. The number of carbonyl (C=O) groups is 2. The van der Waals surface area contributed by atoms with E-state index in [-0.39, 0.29) is 5.92 Å². The summed E-state index contributed by atoms with van der Waals surface area (Å²) in [6.07, 6.45) is 1.36. The Morgan fingerprint density at radius 1 is 1.60 bits per heavy atom. The Morgan fingerprint density at radius 3 is 2.93 bits per heavy atom. The van der Waals surface area contributed by atoms with E-state index in [4.69, 9.17) is 5.73 Å². The van der Waals surface area contributed by atoms with Gasteiger partial charge >= 0.3 is 6.03 Å². The van der Waals surface area contributed by atoms with E-state index in [1.54, 1.807) is 6.07 Å². The van der Waals surface area contributed by atoms with Crippen LogP contribution in [0.25, 0.3) is 0 Å². The summed E-state index contributed by atoms with van der Waals surface area (Å²) in [5.74, 6) is 0.150. The van der Waals surface area contributed by atoms with Crippen LogP contribution < -0.4 is 11.1 Å². The first-order valence-electron chi connectivity index (χ1n) is 4.73. The maximum atomic E-state index is 10.6. The summed E-state index contributed by atoms with van der Waals surface area (Å²) >= 11 is 0. The number of primary amides is 1. The van der Waals surface area contributed by atoms with E-state index < -0.39 is 6.03 Å². The summed E-state index contributed by atoms with van der Waals surface area (Å²) < 4.78 is 0. The Kier molecular flexibility index (Phi) is 3.85. The van der Waals surface area contributed by atoms with Crippen LogP contribution in [0, 0.1) is 0 Å². The van der Waals surface area contributed by atoms with Gasteiger partial charge in [-0.3, -0.25) is 0 Å². The predicted molar refractivity (Wildman–Crippen MR) is 58.7 cm³/mol. The van der Waals surface area contributed by atoms with Gasteiger partial charge in [-0.05, 0) is 23.6 Å². The lowest BCUT2D eigenvalue weighted by atomic mass is 9.98. The molecule has 1 aromatic carbocycles. The van der Waals surface area contributed by atoms with Crippen LogP contribution in [0.1, 0.15) is 24.8 Å². The Morgan fingerprint density at radius 2 is 2.33 bits per heavy atom. The fourth-order valence-electron chi connectivity index (χ4n) is 1.35. The molecule has 2 amide bonds. The van der Waals surface area contributed by atoms with Gasteiger partial charge in [-0.2, -0.15) is 0 Å². The minimum absolute atomic E-state index is 0.150. The molecule has 0 fully saturated rings. The van der Waals surface area contributed by atoms with Gasteiger partial charge in [0.25, 0.3) is 0 Å². The molecule has 0 radical (unpaired) electrons. The summed E-state index contributed by atoms with van der Waals surface area (Å²) in [5.41, 5.74) is 6.66. The van der Waals surface area contributed by atoms with E-state index in [0.717, 1.165) is 11.8 Å². The van der Waals surface area contributed by atoms with Crippen molar-refractivity contribution < 1.29 is 9.59 Å². The van der Waals surface area contributed by atoms with Gasteiger partial charge in [0, 0.05) is 12.1 Å². The van der Waals surface area contributed by atoms with Crippen molar-refractivity contribution in [3.05, 3.63) is 29.8 Å². The van der Waals surface area contributed by atoms with Gasteiger partial charge in [-0.1, -0.05) is 19.1 Å². The first-order chi connectivity index (χ1) is 7.13. The fraction of sp³-hybridized carbons (Fsp3) is 0.273. The Balaban J connectivity index is 2.81. The fourth-order valence-corrected chi connectivity index (χ4v) is 1.35. The van der Waals surface area contributed by atoms with Gasteiger partial charge < -0.3 is 15.8 Å². The standard InChI is InChI=1S/C11H14N2O2/c1-8(5-6-14)9-3-2-4-10(7-9)13-11(12)15/h2-4,6-8H,5H2,1H3,(H3,12,13,15). The molecule has 15 heavy (non-hydrogen) atoms. The SMILES string of the molecule is CC(CC=O)c1cccc(NC(N)=O)c1. The minimum Gasteiger partial charge on any atom is -0.351 e. The lowest BCUT2D eigenvalue weighted by molar-refractivity contribution is -0.108. The average molecular weight is 206 g/mol. The van der Waals surface area contributed by atoms with Crippen molar-refractivity contribution >= 4 is 18.0 Å². The molecule has 1 unspecified atom stereocenters. The zero-order valence-electron chi connectivity index (χ0n) is 8.57. The Hall–Kier alpha value is -1.84. The third kappa shape index (κ3) is 3.42. The second-order valence-electron chi connectivity index (χ2n) is 3.42. The number of amides is 2. The lowest BCUT2D eigenvalue weighted by Gasteiger charge is -2.10. The molecule has 0 bridgehead atoms. The molecule has 0 aromatic heterocycles. The topological polar surface area (TPSA) is 72.2 Å². The molecule has 1 rings (SSSR count). The Bertz CT molecular complexity index is 363. The molecule has 80 valence electrons. The van der Waals surface area contributed by atoms with Crippen LogP contribution in [-0.4, -0.2) is 12.3 Å². The molecule has 0 aliphatic rings. The van der Waals surface area contributed by atoms with Crippen molar-refractivity contribution in [3.8, 4) is 0 Å². The quantitative estimate of drug-likeness (QED) is 0.738. The molecule has 0 spiro atoms. The van der Waals surface area contributed by atoms with Crippen molar-refractivity contribution in [1.29, 1.82) is 0 Å². The lowest BCUT2D eigenvalue weighted by Crippen LogP contribution is -2.19. The number of nitrogens with two attached hydrogens (primary N) is 1. The number of rotatable bonds is 4. The zero-order valence-corrected chi connectivity index (χ0v) is 8.57. The summed E-state index contributed by atoms with van der Waals surface area (Å²) in [5, 5.41) is 2.49. The second-order valence-corrected chi connectivity index (χ2v) is 3.42. The largest absolute Gasteiger partial charge is 0.351 e. The molecular weight excluding hydrogens is 192 g/mol. The molecule has 0 saturated carbocycles. The van der Waals surface area contributed by atoms with Crippen molar-refractivity contribution in [2.75, 3.05) is 5.32 Å². The second kappa shape index (κ2) is 5.14. The van der Waals surface area contributed by atoms with Gasteiger partial charge in [-0.25, -0.2) is 4.79 Å². The van der Waals surface area contributed by atoms with Crippen LogP contribution in [-0.2, 0) is 4.79 Å². The minimum atomic E-state index is -0.588. The zero-order chi connectivity index (χ0) is 11.3. The highest BCUT2D eigenvalue weighted by molar-refractivity contribution is 5.87. The van der Waals surface area contributed by atoms with Crippen LogP contribution in [0.5, 0.6) is 0 Å². The van der Waals surface area contributed by atoms with Crippen molar-refractivity contribution in [2.24, 2.45) is 5.73 Å². The summed E-state index contributed by atoms with van der Waals surface area (Å²) in [7, 11) is 0. The van der Waals surface area contributed by atoms with Crippen LogP contribution in [0.2, 0.25) is 0 Å². The third-order valence-corrected chi connectivity index (χ3v) is 2.17. The van der Waals surface area contributed by atoms with Crippen molar-refractivity contribution in [2.45, 2.75) is 19.3 Å². The highest BCUT2D eigenvalue weighted by Crippen LogP contribution is 2.20. The molecular formula is C11H14N2O2. The number of anilines is 1. The highest BCUT2D eigenvalue weighted by atomic mass is 16.2. The predicted octanol–water partition coefficient (Wildman–Crippen LogP) is 1.87. The summed E-state index contributed by atoms with van der Waals surface area (Å²) in [4.78, 5) is 21.0. The van der Waals surface area contributed by atoms with Gasteiger partial charge in [0.1, 0.15) is 6.29 Å². The maximum Gasteiger partial charge on any atom is 0.316 e. The third-order valence-electron chi connectivity index (χ3n) is 2.17. The molecule has 1 atom stereocenters. The van der Waals surface area contributed by atoms with E-state index in [1.807, 2.05) is 25.1 Å². The van der Waals surface area contributed by atoms with Gasteiger partial charge in [0.05, 0.1) is 0 Å². The van der Waals surface area contributed by atoms with Crippen molar-refractivity contribution in [1.82, 2.24) is 0 Å². The number of hydrogen-bond donors (Lipinski definition) is 2. The van der Waals surface area contributed by atoms with Crippen LogP contribution >= 0.6 is 0 Å². The van der Waals surface area contributed by atoms with Crippen LogP contribution in [0.15, 0.2) is 24.3 Å². The maximum absolute atomic E-state index is 10.6. The first kappa shape index (κ1) is 11.2. The number of benzene rings is 1. The molecule has 4 heteroatoms. The number of carbonyl (C=O) groups excluding carboxylic acids is 2. The molecule has 3 N–H and O–H groups in total.